The van der Waals surface area contributed by atoms with E-state index in [2.05, 4.69) is 0 Å². The lowest BCUT2D eigenvalue weighted by atomic mass is 9.86. The Kier molecular flexibility index (Phi) is 5.44. The number of carbonyl (C=O) groups excluding carboxylic acids is 2. The summed E-state index contributed by atoms with van der Waals surface area (Å²) in [7, 11) is 3.01. The lowest BCUT2D eigenvalue weighted by Gasteiger charge is -2.48. The van der Waals surface area contributed by atoms with Gasteiger partial charge in [0.05, 0.1) is 36.4 Å². The second kappa shape index (κ2) is 8.60. The summed E-state index contributed by atoms with van der Waals surface area (Å²) in [5.41, 5.74) is 1.88. The fourth-order valence-electron chi connectivity index (χ4n) is 4.77. The lowest BCUT2D eigenvalue weighted by Crippen LogP contribution is -2.56. The Labute approximate surface area is 200 Å². The predicted octanol–water partition coefficient (Wildman–Crippen LogP) is 4.71. The van der Waals surface area contributed by atoms with Crippen molar-refractivity contribution in [2.75, 3.05) is 19.1 Å². The van der Waals surface area contributed by atoms with E-state index in [0.29, 0.717) is 39.2 Å². The molecule has 1 saturated heterocycles. The van der Waals surface area contributed by atoms with Gasteiger partial charge in [0.15, 0.2) is 6.29 Å². The number of anilines is 1. The molecule has 0 N–H and O–H groups in total. The molecule has 0 radical (unpaired) electrons. The van der Waals surface area contributed by atoms with Crippen molar-refractivity contribution in [2.24, 2.45) is 0 Å². The van der Waals surface area contributed by atoms with Crippen LogP contribution < -0.4 is 14.4 Å². The number of aldehydes is 1. The van der Waals surface area contributed by atoms with Gasteiger partial charge in [-0.2, -0.15) is 0 Å². The third-order valence-electron chi connectivity index (χ3n) is 6.36. The van der Waals surface area contributed by atoms with Crippen molar-refractivity contribution in [3.05, 3.63) is 94.2 Å². The highest BCUT2D eigenvalue weighted by Gasteiger charge is 2.53. The van der Waals surface area contributed by atoms with E-state index < -0.39 is 17.0 Å². The van der Waals surface area contributed by atoms with Crippen LogP contribution >= 0.6 is 0 Å². The zero-order chi connectivity index (χ0) is 24.7. The molecule has 0 saturated carbocycles. The monoisotopic (exact) mass is 471 g/mol. The number of carbonyl (C=O) groups is 2. The van der Waals surface area contributed by atoms with Gasteiger partial charge < -0.3 is 14.0 Å². The topological polar surface area (TPSA) is 104 Å². The molecule has 9 nitrogen and oxygen atoms in total. The van der Waals surface area contributed by atoms with Crippen molar-refractivity contribution in [3.63, 3.8) is 0 Å². The van der Waals surface area contributed by atoms with Crippen molar-refractivity contribution >= 4 is 34.5 Å². The molecule has 1 aliphatic heterocycles. The molecule has 9 heteroatoms. The summed E-state index contributed by atoms with van der Waals surface area (Å²) in [4.78, 5) is 38.5. The minimum absolute atomic E-state index is 0.0976. The smallest absolute Gasteiger partial charge is 0.274 e. The highest BCUT2D eigenvalue weighted by atomic mass is 16.6. The van der Waals surface area contributed by atoms with Gasteiger partial charge in [-0.25, -0.2) is 0 Å². The Bertz CT molecular complexity index is 1480. The Morgan fingerprint density at radius 3 is 2.43 bits per heavy atom. The first kappa shape index (κ1) is 22.1. The molecule has 2 atom stereocenters. The number of fused-ring (bicyclic) bond motifs is 1. The van der Waals surface area contributed by atoms with E-state index in [1.54, 1.807) is 47.2 Å². The van der Waals surface area contributed by atoms with Crippen molar-refractivity contribution in [1.82, 2.24) is 4.57 Å². The van der Waals surface area contributed by atoms with Gasteiger partial charge in [-0.15, -0.1) is 0 Å². The third-order valence-corrected chi connectivity index (χ3v) is 6.36. The maximum absolute atomic E-state index is 13.8. The second-order valence-corrected chi connectivity index (χ2v) is 8.08. The Morgan fingerprint density at radius 2 is 1.71 bits per heavy atom. The molecule has 0 unspecified atom stereocenters. The number of nitro benzene ring substituents is 1. The Balaban J connectivity index is 1.73. The van der Waals surface area contributed by atoms with Crippen molar-refractivity contribution < 1.29 is 24.0 Å². The molecule has 1 aromatic heterocycles. The number of benzene rings is 3. The van der Waals surface area contributed by atoms with Crippen LogP contribution in [-0.2, 0) is 4.79 Å². The number of β-lactam (4-membered cyclic amide) rings is 1. The number of aromatic nitrogens is 1. The van der Waals surface area contributed by atoms with Crippen LogP contribution in [0.25, 0.3) is 10.9 Å². The Hall–Kier alpha value is -4.66. The molecule has 2 heterocycles. The Morgan fingerprint density at radius 1 is 0.971 bits per heavy atom. The number of amides is 1. The molecular formula is C26H21N3O6. The molecule has 0 bridgehead atoms. The minimum Gasteiger partial charge on any atom is -0.497 e. The summed E-state index contributed by atoms with van der Waals surface area (Å²) in [5, 5.41) is 12.6. The highest BCUT2D eigenvalue weighted by molar-refractivity contribution is 6.07. The lowest BCUT2D eigenvalue weighted by molar-refractivity contribution is -0.385. The van der Waals surface area contributed by atoms with Gasteiger partial charge in [-0.3, -0.25) is 24.6 Å². The van der Waals surface area contributed by atoms with Crippen LogP contribution in [0.2, 0.25) is 0 Å². The minimum atomic E-state index is -0.804. The number of nitro groups is 1. The normalized spacial score (nSPS) is 17.2. The van der Waals surface area contributed by atoms with Crippen molar-refractivity contribution in [1.29, 1.82) is 0 Å². The average Bonchev–Trinajstić information content (AvgIpc) is 3.25. The fraction of sp³-hybridized carbons (Fsp3) is 0.154. The van der Waals surface area contributed by atoms with E-state index >= 15 is 0 Å². The predicted molar refractivity (Wildman–Crippen MR) is 129 cm³/mol. The van der Waals surface area contributed by atoms with Gasteiger partial charge in [0.1, 0.15) is 17.5 Å². The summed E-state index contributed by atoms with van der Waals surface area (Å²) in [6.45, 7) is 0. The van der Waals surface area contributed by atoms with E-state index in [1.807, 2.05) is 24.3 Å². The van der Waals surface area contributed by atoms with Gasteiger partial charge in [0.2, 0.25) is 0 Å². The molecule has 4 aromatic rings. The van der Waals surface area contributed by atoms with E-state index in [1.165, 1.54) is 25.2 Å². The molecule has 1 fully saturated rings. The number of hydrogen-bond donors (Lipinski definition) is 0. The first-order valence-electron chi connectivity index (χ1n) is 10.8. The molecule has 176 valence electrons. The maximum Gasteiger partial charge on any atom is 0.274 e. The fourth-order valence-corrected chi connectivity index (χ4v) is 4.77. The first-order chi connectivity index (χ1) is 17.0. The summed E-state index contributed by atoms with van der Waals surface area (Å²) in [6.07, 6.45) is 2.37. The van der Waals surface area contributed by atoms with Crippen LogP contribution in [0.3, 0.4) is 0 Å². The number of methoxy groups -OCH3 is 2. The summed E-state index contributed by atoms with van der Waals surface area (Å²) >= 11 is 0. The second-order valence-electron chi connectivity index (χ2n) is 8.08. The number of rotatable bonds is 7. The number of ether oxygens (including phenoxy) is 2. The number of para-hydroxylation sites is 2. The van der Waals surface area contributed by atoms with Crippen molar-refractivity contribution in [2.45, 2.75) is 12.1 Å². The van der Waals surface area contributed by atoms with Crippen LogP contribution in [0.1, 0.15) is 28.0 Å². The maximum atomic E-state index is 13.8. The molecular weight excluding hydrogens is 450 g/mol. The van der Waals surface area contributed by atoms with E-state index in [0.717, 1.165) is 6.29 Å². The molecule has 5 rings (SSSR count). The molecule has 0 spiro atoms. The zero-order valence-corrected chi connectivity index (χ0v) is 19.0. The first-order valence-corrected chi connectivity index (χ1v) is 10.8. The molecule has 1 aliphatic rings. The summed E-state index contributed by atoms with van der Waals surface area (Å²) in [6, 6.07) is 17.2. The van der Waals surface area contributed by atoms with E-state index in [9.17, 15) is 19.7 Å². The van der Waals surface area contributed by atoms with Gasteiger partial charge in [-0.1, -0.05) is 30.3 Å². The number of hydrogen-bond acceptors (Lipinski definition) is 6. The molecule has 35 heavy (non-hydrogen) atoms. The van der Waals surface area contributed by atoms with Crippen molar-refractivity contribution in [3.8, 4) is 11.5 Å². The summed E-state index contributed by atoms with van der Waals surface area (Å²) < 4.78 is 12.5. The molecule has 1 amide bonds. The largest absolute Gasteiger partial charge is 0.497 e. The zero-order valence-electron chi connectivity index (χ0n) is 19.0. The van der Waals surface area contributed by atoms with Gasteiger partial charge in [-0.05, 0) is 24.3 Å². The number of nitrogens with zero attached hydrogens (tertiary/aromatic N) is 3. The quantitative estimate of drug-likeness (QED) is 0.167. The van der Waals surface area contributed by atoms with Crippen LogP contribution in [-0.4, -0.2) is 35.9 Å². The highest BCUT2D eigenvalue weighted by Crippen LogP contribution is 2.52. The van der Waals surface area contributed by atoms with Crippen LogP contribution in [0.5, 0.6) is 11.5 Å². The van der Waals surface area contributed by atoms with Crippen LogP contribution in [0, 0.1) is 10.1 Å². The molecule has 0 aliphatic carbocycles. The van der Waals surface area contributed by atoms with E-state index in [-0.39, 0.29) is 11.6 Å². The van der Waals surface area contributed by atoms with E-state index in [4.69, 9.17) is 9.47 Å². The standard InChI is InChI=1S/C26H21N3O6/c1-34-17-11-12-22(23(13-17)35-2)28-24(19-8-4-6-10-21(19)29(32)33)25(26(28)31)27-14-16(15-30)18-7-3-5-9-20(18)27/h3-15,24-25H,1-2H3/t24-,25-/m1/s1. The third kappa shape index (κ3) is 3.40. The summed E-state index contributed by atoms with van der Waals surface area (Å²) in [5.74, 6) is 0.657. The average molecular weight is 471 g/mol. The van der Waals surface area contributed by atoms with Gasteiger partial charge in [0, 0.05) is 34.8 Å². The van der Waals surface area contributed by atoms with Gasteiger partial charge >= 0.3 is 0 Å². The van der Waals surface area contributed by atoms with Crippen LogP contribution in [0.4, 0.5) is 11.4 Å². The van der Waals surface area contributed by atoms with Crippen LogP contribution in [0.15, 0.2) is 72.9 Å². The molecule has 3 aromatic carbocycles. The van der Waals surface area contributed by atoms with Gasteiger partial charge in [0.25, 0.3) is 11.6 Å². The SMILES string of the molecule is COc1ccc(N2C(=O)[C@H](n3cc(C=O)c4ccccc43)[C@H]2c2ccccc2[N+](=O)[O-])c(OC)c1.